The predicted molar refractivity (Wildman–Crippen MR) is 88.5 cm³/mol. The SMILES string of the molecule is O=C(O)c1ccc(-c2ccccc2F)cc1Nc1ccc(F)cc1. The first-order valence-corrected chi connectivity index (χ1v) is 7.19. The van der Waals surface area contributed by atoms with Crippen molar-refractivity contribution in [3.8, 4) is 11.1 Å². The number of carbonyl (C=O) groups is 1. The van der Waals surface area contributed by atoms with E-state index in [2.05, 4.69) is 5.32 Å². The Kier molecular flexibility index (Phi) is 4.24. The Morgan fingerprint density at radius 1 is 0.917 bits per heavy atom. The molecule has 0 spiro atoms. The van der Waals surface area contributed by atoms with Gasteiger partial charge in [-0.3, -0.25) is 0 Å². The van der Waals surface area contributed by atoms with Crippen LogP contribution in [0.15, 0.2) is 66.7 Å². The van der Waals surface area contributed by atoms with E-state index in [0.717, 1.165) is 0 Å². The van der Waals surface area contributed by atoms with Gasteiger partial charge in [-0.1, -0.05) is 24.3 Å². The Hall–Kier alpha value is -3.21. The van der Waals surface area contributed by atoms with E-state index in [1.54, 1.807) is 30.3 Å². The lowest BCUT2D eigenvalue weighted by molar-refractivity contribution is 0.0698. The Balaban J connectivity index is 2.05. The molecule has 3 rings (SSSR count). The van der Waals surface area contributed by atoms with Gasteiger partial charge in [0.25, 0.3) is 0 Å². The van der Waals surface area contributed by atoms with Crippen LogP contribution in [-0.4, -0.2) is 11.1 Å². The van der Waals surface area contributed by atoms with Crippen molar-refractivity contribution in [2.24, 2.45) is 0 Å². The molecule has 0 aliphatic carbocycles. The maximum absolute atomic E-state index is 14.0. The minimum absolute atomic E-state index is 0.0411. The van der Waals surface area contributed by atoms with Crippen molar-refractivity contribution >= 4 is 17.3 Å². The molecule has 24 heavy (non-hydrogen) atoms. The van der Waals surface area contributed by atoms with Crippen molar-refractivity contribution in [1.29, 1.82) is 0 Å². The van der Waals surface area contributed by atoms with Crippen molar-refractivity contribution in [3.63, 3.8) is 0 Å². The molecule has 0 bridgehead atoms. The Morgan fingerprint density at radius 2 is 1.62 bits per heavy atom. The summed E-state index contributed by atoms with van der Waals surface area (Å²) < 4.78 is 27.0. The molecule has 3 aromatic carbocycles. The van der Waals surface area contributed by atoms with E-state index in [9.17, 15) is 18.7 Å². The Morgan fingerprint density at radius 3 is 2.29 bits per heavy atom. The zero-order valence-corrected chi connectivity index (χ0v) is 12.5. The molecule has 0 fully saturated rings. The van der Waals surface area contributed by atoms with E-state index in [0.29, 0.717) is 22.5 Å². The number of anilines is 2. The Bertz CT molecular complexity index is 892. The highest BCUT2D eigenvalue weighted by Gasteiger charge is 2.13. The van der Waals surface area contributed by atoms with Crippen LogP contribution in [0.3, 0.4) is 0 Å². The van der Waals surface area contributed by atoms with Crippen molar-refractivity contribution in [2.75, 3.05) is 5.32 Å². The maximum atomic E-state index is 14.0. The van der Waals surface area contributed by atoms with E-state index in [1.807, 2.05) is 0 Å². The summed E-state index contributed by atoms with van der Waals surface area (Å²) in [5.74, 6) is -1.90. The lowest BCUT2D eigenvalue weighted by Crippen LogP contribution is -2.03. The number of nitrogens with one attached hydrogen (secondary N) is 1. The summed E-state index contributed by atoms with van der Waals surface area (Å²) in [5, 5.41) is 12.3. The number of hydrogen-bond acceptors (Lipinski definition) is 2. The summed E-state index contributed by atoms with van der Waals surface area (Å²) in [4.78, 5) is 11.4. The first-order chi connectivity index (χ1) is 11.5. The van der Waals surface area contributed by atoms with Crippen LogP contribution < -0.4 is 5.32 Å². The van der Waals surface area contributed by atoms with Gasteiger partial charge in [0.15, 0.2) is 0 Å². The molecule has 0 radical (unpaired) electrons. The summed E-state index contributed by atoms with van der Waals surface area (Å²) in [7, 11) is 0. The summed E-state index contributed by atoms with van der Waals surface area (Å²) in [6.45, 7) is 0. The van der Waals surface area contributed by atoms with Crippen LogP contribution in [0.2, 0.25) is 0 Å². The normalized spacial score (nSPS) is 10.4. The number of carboxylic acids is 1. The molecule has 5 heteroatoms. The lowest BCUT2D eigenvalue weighted by atomic mass is 10.0. The third-order valence-corrected chi connectivity index (χ3v) is 3.56. The molecule has 0 saturated heterocycles. The Labute approximate surface area is 137 Å². The number of carboxylic acid groups (broad SMARTS) is 1. The molecule has 0 saturated carbocycles. The van der Waals surface area contributed by atoms with Gasteiger partial charge in [-0.15, -0.1) is 0 Å². The molecule has 3 nitrogen and oxygen atoms in total. The highest BCUT2D eigenvalue weighted by molar-refractivity contribution is 5.96. The molecule has 0 aliphatic rings. The molecule has 0 heterocycles. The van der Waals surface area contributed by atoms with Crippen LogP contribution in [0.5, 0.6) is 0 Å². The monoisotopic (exact) mass is 325 g/mol. The van der Waals surface area contributed by atoms with E-state index < -0.39 is 11.8 Å². The van der Waals surface area contributed by atoms with Crippen LogP contribution >= 0.6 is 0 Å². The van der Waals surface area contributed by atoms with E-state index >= 15 is 0 Å². The highest BCUT2D eigenvalue weighted by atomic mass is 19.1. The zero-order chi connectivity index (χ0) is 17.1. The fraction of sp³-hybridized carbons (Fsp3) is 0. The fourth-order valence-corrected chi connectivity index (χ4v) is 2.39. The molecule has 3 aromatic rings. The highest BCUT2D eigenvalue weighted by Crippen LogP contribution is 2.29. The third kappa shape index (κ3) is 3.25. The quantitative estimate of drug-likeness (QED) is 0.704. The number of rotatable bonds is 4. The first kappa shape index (κ1) is 15.7. The van der Waals surface area contributed by atoms with Crippen molar-refractivity contribution in [3.05, 3.63) is 83.9 Å². The average molecular weight is 325 g/mol. The van der Waals surface area contributed by atoms with Gasteiger partial charge in [-0.25, -0.2) is 13.6 Å². The van der Waals surface area contributed by atoms with Crippen LogP contribution in [0.4, 0.5) is 20.2 Å². The molecular weight excluding hydrogens is 312 g/mol. The second-order valence-corrected chi connectivity index (χ2v) is 5.18. The maximum Gasteiger partial charge on any atom is 0.337 e. The number of halogens is 2. The lowest BCUT2D eigenvalue weighted by Gasteiger charge is -2.12. The molecule has 120 valence electrons. The third-order valence-electron chi connectivity index (χ3n) is 3.56. The summed E-state index contributed by atoms with van der Waals surface area (Å²) in [6.07, 6.45) is 0. The number of benzene rings is 3. The summed E-state index contributed by atoms with van der Waals surface area (Å²) in [5.41, 5.74) is 1.79. The molecule has 0 aliphatic heterocycles. The van der Waals surface area contributed by atoms with Crippen molar-refractivity contribution in [1.82, 2.24) is 0 Å². The van der Waals surface area contributed by atoms with Gasteiger partial charge in [-0.2, -0.15) is 0 Å². The minimum Gasteiger partial charge on any atom is -0.478 e. The van der Waals surface area contributed by atoms with E-state index in [4.69, 9.17) is 0 Å². The molecule has 0 atom stereocenters. The van der Waals surface area contributed by atoms with Gasteiger partial charge in [-0.05, 0) is 48.0 Å². The minimum atomic E-state index is -1.11. The van der Waals surface area contributed by atoms with Crippen molar-refractivity contribution < 1.29 is 18.7 Å². The second kappa shape index (κ2) is 6.50. The van der Waals surface area contributed by atoms with E-state index in [1.165, 1.54) is 36.4 Å². The van der Waals surface area contributed by atoms with Gasteiger partial charge in [0, 0.05) is 11.3 Å². The van der Waals surface area contributed by atoms with Crippen molar-refractivity contribution in [2.45, 2.75) is 0 Å². The largest absolute Gasteiger partial charge is 0.478 e. The fourth-order valence-electron chi connectivity index (χ4n) is 2.39. The number of hydrogen-bond donors (Lipinski definition) is 2. The molecular formula is C19H13F2NO2. The molecule has 2 N–H and O–H groups in total. The van der Waals surface area contributed by atoms with Gasteiger partial charge >= 0.3 is 5.97 Å². The molecule has 0 aromatic heterocycles. The van der Waals surface area contributed by atoms with Crippen LogP contribution in [0.25, 0.3) is 11.1 Å². The second-order valence-electron chi connectivity index (χ2n) is 5.18. The number of aromatic carboxylic acids is 1. The summed E-state index contributed by atoms with van der Waals surface area (Å²) >= 11 is 0. The van der Waals surface area contributed by atoms with E-state index in [-0.39, 0.29) is 11.4 Å². The van der Waals surface area contributed by atoms with Crippen LogP contribution in [-0.2, 0) is 0 Å². The van der Waals surface area contributed by atoms with Crippen LogP contribution in [0, 0.1) is 11.6 Å². The molecule has 0 amide bonds. The van der Waals surface area contributed by atoms with Gasteiger partial charge < -0.3 is 10.4 Å². The standard InChI is InChI=1S/C19H13F2NO2/c20-13-6-8-14(9-7-13)22-18-11-12(5-10-16(18)19(23)24)15-3-1-2-4-17(15)21/h1-11,22H,(H,23,24). The summed E-state index contributed by atoms with van der Waals surface area (Å²) in [6, 6.07) is 16.3. The zero-order valence-electron chi connectivity index (χ0n) is 12.5. The first-order valence-electron chi connectivity index (χ1n) is 7.19. The van der Waals surface area contributed by atoms with Gasteiger partial charge in [0.1, 0.15) is 11.6 Å². The van der Waals surface area contributed by atoms with Gasteiger partial charge in [0.05, 0.1) is 11.3 Å². The molecule has 0 unspecified atom stereocenters. The average Bonchev–Trinajstić information content (AvgIpc) is 2.57. The van der Waals surface area contributed by atoms with Gasteiger partial charge in [0.2, 0.25) is 0 Å². The smallest absolute Gasteiger partial charge is 0.337 e. The predicted octanol–water partition coefficient (Wildman–Crippen LogP) is 5.07. The topological polar surface area (TPSA) is 49.3 Å². The van der Waals surface area contributed by atoms with Crippen LogP contribution in [0.1, 0.15) is 10.4 Å².